The molecule has 12 nitrogen and oxygen atoms in total. The minimum absolute atomic E-state index is 0. The van der Waals surface area contributed by atoms with E-state index >= 15 is 0 Å². The normalized spacial score (nSPS) is 9.32. The Labute approximate surface area is 151 Å². The van der Waals surface area contributed by atoms with Gasteiger partial charge < -0.3 is 57.7 Å². The molecule has 0 aromatic heterocycles. The molecule has 0 atom stereocenters. The van der Waals surface area contributed by atoms with Gasteiger partial charge in [0.05, 0.1) is 0 Å². The molecule has 0 unspecified atom stereocenters. The standard InChI is InChI=1S/Al.Fe.Li.Mn.3H3O4P/c;;;;3*1-5(2,3)4/h;;;;3*(H3,1,2,3,4)/q2*+3;+1;+2;;;/p-9. The Balaban J connectivity index is -0.0000000206. The molecule has 0 amide bonds. The quantitative estimate of drug-likeness (QED) is 0.256. The first-order valence-corrected chi connectivity index (χ1v) is 6.57. The summed E-state index contributed by atoms with van der Waals surface area (Å²) in [6.45, 7) is 0. The molecule has 0 saturated heterocycles. The minimum Gasteiger partial charge on any atom is -0.822 e. The summed E-state index contributed by atoms with van der Waals surface area (Å²) < 4.78 is 25.6. The molecule has 2 radical (unpaired) electrons. The first-order chi connectivity index (χ1) is 6.00. The molecule has 0 N–H and O–H groups in total. The predicted octanol–water partition coefficient (Wildman–Crippen LogP) is -11.9. The molecule has 0 aromatic rings. The molecule has 0 aliphatic heterocycles. The molecule has 0 fully saturated rings. The van der Waals surface area contributed by atoms with Gasteiger partial charge in [-0.2, -0.15) is 23.5 Å². The van der Waals surface area contributed by atoms with Crippen LogP contribution in [0.5, 0.6) is 0 Å². The summed E-state index contributed by atoms with van der Waals surface area (Å²) in [6, 6.07) is 0. The van der Waals surface area contributed by atoms with Crippen molar-refractivity contribution in [2.75, 3.05) is 0 Å². The Bertz CT molecular complexity index is 219. The van der Waals surface area contributed by atoms with E-state index in [1.54, 1.807) is 0 Å². The van der Waals surface area contributed by atoms with E-state index in [1.807, 2.05) is 0 Å². The molecule has 0 aromatic carbocycles. The molecular formula is AlFeLiMnO12P3. The van der Waals surface area contributed by atoms with E-state index in [4.69, 9.17) is 57.7 Å². The van der Waals surface area contributed by atoms with Gasteiger partial charge in [-0.15, -0.1) is 0 Å². The van der Waals surface area contributed by atoms with Crippen molar-refractivity contribution in [2.45, 2.75) is 0 Å². The van der Waals surface area contributed by atoms with Crippen molar-refractivity contribution >= 4 is 40.8 Å². The van der Waals surface area contributed by atoms with Gasteiger partial charge in [0.2, 0.25) is 0 Å². The Morgan fingerprint density at radius 2 is 0.526 bits per heavy atom. The average molecular weight is 430 g/mol. The molecule has 106 valence electrons. The second-order valence-electron chi connectivity index (χ2n) is 1.34. The summed E-state index contributed by atoms with van der Waals surface area (Å²) in [5.41, 5.74) is 0. The first-order valence-electron chi connectivity index (χ1n) is 2.19. The Morgan fingerprint density at radius 3 is 0.526 bits per heavy atom. The molecule has 0 aliphatic rings. The van der Waals surface area contributed by atoms with Crippen LogP contribution in [0.1, 0.15) is 0 Å². The van der Waals surface area contributed by atoms with Crippen LogP contribution in [0.3, 0.4) is 0 Å². The van der Waals surface area contributed by atoms with Gasteiger partial charge >= 0.3 is 70.4 Å². The van der Waals surface area contributed by atoms with Gasteiger partial charge in [0, 0.05) is 0 Å². The van der Waals surface area contributed by atoms with Crippen LogP contribution < -0.4 is 62.9 Å². The van der Waals surface area contributed by atoms with Crippen molar-refractivity contribution < 1.29 is 111 Å². The smallest absolute Gasteiger partial charge is 0.822 e. The summed E-state index contributed by atoms with van der Waals surface area (Å²) in [6.07, 6.45) is 0. The van der Waals surface area contributed by atoms with Crippen molar-refractivity contribution in [3.8, 4) is 0 Å². The topological polar surface area (TPSA) is 259 Å². The molecule has 19 heteroatoms. The maximum atomic E-state index is 8.55. The van der Waals surface area contributed by atoms with Gasteiger partial charge in [0.25, 0.3) is 0 Å². The van der Waals surface area contributed by atoms with E-state index in [2.05, 4.69) is 0 Å². The van der Waals surface area contributed by atoms with Crippen LogP contribution in [0.2, 0.25) is 0 Å². The van der Waals surface area contributed by atoms with Gasteiger partial charge in [-0.25, -0.2) is 0 Å². The van der Waals surface area contributed by atoms with Crippen LogP contribution in [-0.4, -0.2) is 17.4 Å². The number of phosphoric acid groups is 3. The monoisotopic (exact) mass is 430 g/mol. The Morgan fingerprint density at radius 1 is 0.526 bits per heavy atom. The van der Waals surface area contributed by atoms with E-state index in [1.165, 1.54) is 0 Å². The third-order valence-electron chi connectivity index (χ3n) is 0. The average Bonchev–Trinajstić information content (AvgIpc) is 1.41. The van der Waals surface area contributed by atoms with Gasteiger partial charge in [-0.1, -0.05) is 0 Å². The third kappa shape index (κ3) is 1120. The number of hydrogen-bond acceptors (Lipinski definition) is 12. The van der Waals surface area contributed by atoms with Crippen LogP contribution in [-0.2, 0) is 47.8 Å². The fourth-order valence-electron chi connectivity index (χ4n) is 0. The Hall–Kier alpha value is 2.50. The summed E-state index contributed by atoms with van der Waals surface area (Å²) in [7, 11) is -16.2. The number of hydrogen-bond donors (Lipinski definition) is 0. The molecule has 0 bridgehead atoms. The predicted molar refractivity (Wildman–Crippen MR) is 28.6 cm³/mol. The molecule has 19 heavy (non-hydrogen) atoms. The number of rotatable bonds is 0. The van der Waals surface area contributed by atoms with E-state index < -0.39 is 23.5 Å². The van der Waals surface area contributed by atoms with Crippen molar-refractivity contribution in [1.82, 2.24) is 0 Å². The first kappa shape index (κ1) is 43.0. The molecule has 0 spiro atoms. The third-order valence-corrected chi connectivity index (χ3v) is 0. The van der Waals surface area contributed by atoms with Crippen LogP contribution in [0.25, 0.3) is 0 Å². The van der Waals surface area contributed by atoms with E-state index in [9.17, 15) is 0 Å². The second kappa shape index (κ2) is 18.5. The summed E-state index contributed by atoms with van der Waals surface area (Å²) in [5, 5.41) is 0. The van der Waals surface area contributed by atoms with Crippen LogP contribution in [0.15, 0.2) is 0 Å². The van der Waals surface area contributed by atoms with Gasteiger partial charge in [-0.05, 0) is 0 Å². The SMILES string of the molecule is O=P([O-])([O-])[O-].O=P([O-])([O-])[O-].O=P([O-])([O-])[O-].[Al+3].[Fe+3].[Li+].[Mn+2]. The van der Waals surface area contributed by atoms with Crippen molar-refractivity contribution in [3.05, 3.63) is 0 Å². The molecule has 0 heterocycles. The van der Waals surface area contributed by atoms with Crippen LogP contribution >= 0.6 is 23.5 Å². The van der Waals surface area contributed by atoms with E-state index in [0.717, 1.165) is 0 Å². The van der Waals surface area contributed by atoms with Crippen molar-refractivity contribution in [1.29, 1.82) is 0 Å². The van der Waals surface area contributed by atoms with Crippen LogP contribution in [0.4, 0.5) is 0 Å². The molecule has 0 saturated carbocycles. The summed E-state index contributed by atoms with van der Waals surface area (Å²) in [4.78, 5) is 76.9. The zero-order chi connectivity index (χ0) is 13.5. The fraction of sp³-hybridized carbons (Fsp3) is 0. The second-order valence-corrected chi connectivity index (χ2v) is 4.02. The van der Waals surface area contributed by atoms with Crippen molar-refractivity contribution in [2.24, 2.45) is 0 Å². The maximum Gasteiger partial charge on any atom is 3.00 e. The zero-order valence-corrected chi connectivity index (χ0v) is 14.7. The van der Waals surface area contributed by atoms with Crippen LogP contribution in [0, 0.1) is 0 Å². The van der Waals surface area contributed by atoms with Gasteiger partial charge in [0.15, 0.2) is 0 Å². The Kier molecular flexibility index (Phi) is 42.0. The van der Waals surface area contributed by atoms with Crippen molar-refractivity contribution in [3.63, 3.8) is 0 Å². The molecule has 0 rings (SSSR count). The molecule has 0 aliphatic carbocycles. The van der Waals surface area contributed by atoms with E-state index in [-0.39, 0.29) is 70.4 Å². The molecular weight excluding hydrogens is 430 g/mol. The fourth-order valence-corrected chi connectivity index (χ4v) is 0. The summed E-state index contributed by atoms with van der Waals surface area (Å²) in [5.74, 6) is 0. The largest absolute Gasteiger partial charge is 3.00 e. The minimum atomic E-state index is -5.39. The van der Waals surface area contributed by atoms with Gasteiger partial charge in [-0.3, -0.25) is 0 Å². The van der Waals surface area contributed by atoms with E-state index in [0.29, 0.717) is 0 Å². The van der Waals surface area contributed by atoms with Gasteiger partial charge in [0.1, 0.15) is 0 Å². The summed E-state index contributed by atoms with van der Waals surface area (Å²) >= 11 is 0. The maximum absolute atomic E-state index is 8.55. The zero-order valence-electron chi connectivity index (χ0n) is 8.55.